The molecule has 5 heteroatoms. The Morgan fingerprint density at radius 3 is 2.45 bits per heavy atom. The van der Waals surface area contributed by atoms with Gasteiger partial charge < -0.3 is 5.32 Å². The van der Waals surface area contributed by atoms with Gasteiger partial charge in [0.1, 0.15) is 6.04 Å². The minimum absolute atomic E-state index is 0.205. The van der Waals surface area contributed by atoms with Crippen molar-refractivity contribution in [2.45, 2.75) is 43.6 Å². The van der Waals surface area contributed by atoms with E-state index >= 15 is 0 Å². The highest BCUT2D eigenvalue weighted by Crippen LogP contribution is 2.39. The van der Waals surface area contributed by atoms with Gasteiger partial charge in [-0.3, -0.25) is 4.90 Å². The molecule has 2 bridgehead atoms. The zero-order valence-corrected chi connectivity index (χ0v) is 11.2. The van der Waals surface area contributed by atoms with Crippen molar-refractivity contribution >= 4 is 0 Å². The van der Waals surface area contributed by atoms with Gasteiger partial charge in [0.15, 0.2) is 0 Å². The van der Waals surface area contributed by atoms with Crippen LogP contribution in [0, 0.1) is 0 Å². The number of nitrogens with zero attached hydrogens (tertiary/aromatic N) is 1. The second kappa shape index (κ2) is 5.37. The predicted octanol–water partition coefficient (Wildman–Crippen LogP) is 3.12. The van der Waals surface area contributed by atoms with Crippen LogP contribution in [0.2, 0.25) is 0 Å². The van der Waals surface area contributed by atoms with Crippen molar-refractivity contribution in [2.75, 3.05) is 13.1 Å². The van der Waals surface area contributed by atoms with Crippen LogP contribution in [0.5, 0.6) is 0 Å². The first-order valence-corrected chi connectivity index (χ1v) is 7.16. The molecule has 2 aliphatic rings. The van der Waals surface area contributed by atoms with Crippen molar-refractivity contribution in [3.05, 3.63) is 35.9 Å². The summed E-state index contributed by atoms with van der Waals surface area (Å²) in [5, 5.41) is 3.43. The van der Waals surface area contributed by atoms with Gasteiger partial charge >= 0.3 is 6.18 Å². The third-order valence-corrected chi connectivity index (χ3v) is 4.35. The molecule has 1 aromatic carbocycles. The van der Waals surface area contributed by atoms with Crippen molar-refractivity contribution < 1.29 is 13.2 Å². The van der Waals surface area contributed by atoms with Gasteiger partial charge in [0, 0.05) is 25.2 Å². The van der Waals surface area contributed by atoms with Crippen molar-refractivity contribution in [3.8, 4) is 0 Å². The monoisotopic (exact) mass is 284 g/mol. The molecule has 0 aliphatic carbocycles. The lowest BCUT2D eigenvalue weighted by Crippen LogP contribution is -2.43. The fourth-order valence-corrected chi connectivity index (χ4v) is 3.45. The van der Waals surface area contributed by atoms with E-state index in [1.165, 1.54) is 0 Å². The molecule has 2 aliphatic heterocycles. The number of hydrogen-bond acceptors (Lipinski definition) is 2. The number of hydrogen-bond donors (Lipinski definition) is 1. The Morgan fingerprint density at radius 1 is 1.05 bits per heavy atom. The third-order valence-electron chi connectivity index (χ3n) is 4.35. The van der Waals surface area contributed by atoms with Crippen LogP contribution in [0.25, 0.3) is 0 Å². The molecule has 3 unspecified atom stereocenters. The van der Waals surface area contributed by atoms with Crippen LogP contribution in [0.15, 0.2) is 30.3 Å². The lowest BCUT2D eigenvalue weighted by Gasteiger charge is -2.34. The molecule has 0 amide bonds. The SMILES string of the molecule is FC(F)(F)C(c1ccccc1)N1CCC2CCC(C1)N2. The topological polar surface area (TPSA) is 15.3 Å². The van der Waals surface area contributed by atoms with E-state index in [1.807, 2.05) is 0 Å². The summed E-state index contributed by atoms with van der Waals surface area (Å²) in [6.07, 6.45) is -1.35. The molecule has 3 rings (SSSR count). The number of rotatable bonds is 2. The van der Waals surface area contributed by atoms with Crippen molar-refractivity contribution in [3.63, 3.8) is 0 Å². The van der Waals surface area contributed by atoms with Crippen LogP contribution in [0.1, 0.15) is 30.9 Å². The van der Waals surface area contributed by atoms with E-state index in [4.69, 9.17) is 0 Å². The Hall–Kier alpha value is -1.07. The van der Waals surface area contributed by atoms with Gasteiger partial charge in [-0.1, -0.05) is 30.3 Å². The van der Waals surface area contributed by atoms with E-state index in [0.717, 1.165) is 19.3 Å². The van der Waals surface area contributed by atoms with Crippen LogP contribution in [-0.2, 0) is 0 Å². The Morgan fingerprint density at radius 2 is 1.75 bits per heavy atom. The maximum atomic E-state index is 13.5. The lowest BCUT2D eigenvalue weighted by molar-refractivity contribution is -0.187. The van der Waals surface area contributed by atoms with Crippen LogP contribution in [-0.4, -0.2) is 36.2 Å². The normalized spacial score (nSPS) is 29.1. The first kappa shape index (κ1) is 13.9. The van der Waals surface area contributed by atoms with Gasteiger partial charge in [0.05, 0.1) is 0 Å². The Kier molecular flexibility index (Phi) is 3.73. The van der Waals surface area contributed by atoms with E-state index < -0.39 is 12.2 Å². The maximum absolute atomic E-state index is 13.5. The average Bonchev–Trinajstić information content (AvgIpc) is 2.72. The summed E-state index contributed by atoms with van der Waals surface area (Å²) in [6, 6.07) is 7.38. The molecule has 20 heavy (non-hydrogen) atoms. The molecular weight excluding hydrogens is 265 g/mol. The summed E-state index contributed by atoms with van der Waals surface area (Å²) in [5.41, 5.74) is 0.345. The third kappa shape index (κ3) is 2.83. The highest BCUT2D eigenvalue weighted by atomic mass is 19.4. The zero-order chi connectivity index (χ0) is 14.2. The molecule has 2 fully saturated rings. The van der Waals surface area contributed by atoms with E-state index in [-0.39, 0.29) is 6.04 Å². The number of benzene rings is 1. The molecule has 2 saturated heterocycles. The minimum atomic E-state index is -4.23. The molecule has 0 aromatic heterocycles. The van der Waals surface area contributed by atoms with Gasteiger partial charge in [-0.25, -0.2) is 0 Å². The number of likely N-dealkylation sites (tertiary alicyclic amines) is 1. The average molecular weight is 284 g/mol. The largest absolute Gasteiger partial charge is 0.408 e. The van der Waals surface area contributed by atoms with Crippen LogP contribution >= 0.6 is 0 Å². The fraction of sp³-hybridized carbons (Fsp3) is 0.600. The highest BCUT2D eigenvalue weighted by Gasteiger charge is 2.46. The van der Waals surface area contributed by atoms with Crippen LogP contribution in [0.3, 0.4) is 0 Å². The van der Waals surface area contributed by atoms with E-state index in [2.05, 4.69) is 5.32 Å². The molecule has 0 spiro atoms. The molecule has 0 radical (unpaired) electrons. The Balaban J connectivity index is 1.86. The minimum Gasteiger partial charge on any atom is -0.310 e. The molecule has 2 heterocycles. The molecular formula is C15H19F3N2. The Bertz CT molecular complexity index is 446. The standard InChI is InChI=1S/C15H19F3N2/c16-15(17,18)14(11-4-2-1-3-5-11)20-9-8-12-6-7-13(10-20)19-12/h1-5,12-14,19H,6-10H2. The molecule has 3 atom stereocenters. The van der Waals surface area contributed by atoms with Crippen molar-refractivity contribution in [2.24, 2.45) is 0 Å². The van der Waals surface area contributed by atoms with E-state index in [9.17, 15) is 13.2 Å². The Labute approximate surface area is 117 Å². The number of nitrogens with one attached hydrogen (secondary N) is 1. The van der Waals surface area contributed by atoms with Gasteiger partial charge in [0.25, 0.3) is 0 Å². The zero-order valence-electron chi connectivity index (χ0n) is 11.2. The van der Waals surface area contributed by atoms with E-state index in [0.29, 0.717) is 24.7 Å². The summed E-state index contributed by atoms with van der Waals surface area (Å²) < 4.78 is 40.5. The smallest absolute Gasteiger partial charge is 0.310 e. The van der Waals surface area contributed by atoms with Gasteiger partial charge in [-0.05, 0) is 24.8 Å². The number of halogens is 3. The molecule has 2 nitrogen and oxygen atoms in total. The van der Waals surface area contributed by atoms with E-state index in [1.54, 1.807) is 35.2 Å². The lowest BCUT2D eigenvalue weighted by atomic mass is 10.0. The highest BCUT2D eigenvalue weighted by molar-refractivity contribution is 5.21. The molecule has 1 aromatic rings. The summed E-state index contributed by atoms with van der Waals surface area (Å²) >= 11 is 0. The maximum Gasteiger partial charge on any atom is 0.408 e. The first-order valence-electron chi connectivity index (χ1n) is 7.16. The first-order chi connectivity index (χ1) is 9.54. The summed E-state index contributed by atoms with van der Waals surface area (Å²) in [7, 11) is 0. The summed E-state index contributed by atoms with van der Waals surface area (Å²) in [6.45, 7) is 0.989. The quantitative estimate of drug-likeness (QED) is 0.897. The second-order valence-electron chi connectivity index (χ2n) is 5.78. The van der Waals surface area contributed by atoms with Crippen LogP contribution in [0.4, 0.5) is 13.2 Å². The number of fused-ring (bicyclic) bond motifs is 2. The summed E-state index contributed by atoms with van der Waals surface area (Å²) in [4.78, 5) is 1.60. The molecule has 1 N–H and O–H groups in total. The molecule has 0 saturated carbocycles. The number of alkyl halides is 3. The van der Waals surface area contributed by atoms with Gasteiger partial charge in [0.2, 0.25) is 0 Å². The van der Waals surface area contributed by atoms with Gasteiger partial charge in [-0.15, -0.1) is 0 Å². The van der Waals surface area contributed by atoms with Crippen molar-refractivity contribution in [1.29, 1.82) is 0 Å². The van der Waals surface area contributed by atoms with Crippen LogP contribution < -0.4 is 5.32 Å². The van der Waals surface area contributed by atoms with Crippen molar-refractivity contribution in [1.82, 2.24) is 10.2 Å². The fourth-order valence-electron chi connectivity index (χ4n) is 3.45. The van der Waals surface area contributed by atoms with Gasteiger partial charge in [-0.2, -0.15) is 13.2 Å². The molecule has 110 valence electrons. The summed E-state index contributed by atoms with van der Waals surface area (Å²) in [5.74, 6) is 0. The predicted molar refractivity (Wildman–Crippen MR) is 71.4 cm³/mol. The second-order valence-corrected chi connectivity index (χ2v) is 5.78.